The number of aryl methyl sites for hydroxylation is 1. The molecule has 3 rings (SSSR count). The highest BCUT2D eigenvalue weighted by molar-refractivity contribution is 9.10. The molecule has 1 aromatic heterocycles. The van der Waals surface area contributed by atoms with Gasteiger partial charge < -0.3 is 19.2 Å². The number of aromatic nitrogens is 2. The number of methoxy groups -OCH3 is 2. The normalized spacial score (nSPS) is 10.6. The molecule has 2 aromatic carbocycles. The minimum Gasteiger partial charge on any atom is -0.493 e. The molecule has 1 heterocycles. The minimum atomic E-state index is 0.433. The molecule has 7 heteroatoms. The third kappa shape index (κ3) is 3.93. The number of ether oxygens (including phenoxy) is 2. The smallest absolute Gasteiger partial charge is 0.247 e. The molecule has 0 bridgehead atoms. The van der Waals surface area contributed by atoms with Crippen LogP contribution in [0.25, 0.3) is 11.5 Å². The Morgan fingerprint density at radius 2 is 1.84 bits per heavy atom. The van der Waals surface area contributed by atoms with Crippen molar-refractivity contribution < 1.29 is 13.9 Å². The van der Waals surface area contributed by atoms with Crippen LogP contribution in [0.15, 0.2) is 45.3 Å². The molecule has 25 heavy (non-hydrogen) atoms. The zero-order chi connectivity index (χ0) is 17.8. The van der Waals surface area contributed by atoms with Gasteiger partial charge in [-0.3, -0.25) is 0 Å². The first-order valence-electron chi connectivity index (χ1n) is 7.65. The molecule has 0 saturated carbocycles. The second-order valence-electron chi connectivity index (χ2n) is 5.39. The summed E-state index contributed by atoms with van der Waals surface area (Å²) in [6.45, 7) is 2.48. The summed E-state index contributed by atoms with van der Waals surface area (Å²) >= 11 is 3.52. The van der Waals surface area contributed by atoms with Crippen molar-refractivity contribution in [2.75, 3.05) is 19.5 Å². The number of rotatable bonds is 6. The number of hydrogen-bond donors (Lipinski definition) is 1. The Hall–Kier alpha value is -2.54. The van der Waals surface area contributed by atoms with E-state index in [4.69, 9.17) is 13.9 Å². The largest absolute Gasteiger partial charge is 0.493 e. The highest BCUT2D eigenvalue weighted by Gasteiger charge is 2.12. The molecule has 0 radical (unpaired) electrons. The number of halogens is 1. The van der Waals surface area contributed by atoms with E-state index < -0.39 is 0 Å². The summed E-state index contributed by atoms with van der Waals surface area (Å²) in [4.78, 5) is 0. The van der Waals surface area contributed by atoms with Gasteiger partial charge in [-0.05, 0) is 42.8 Å². The van der Waals surface area contributed by atoms with Crippen LogP contribution < -0.4 is 14.8 Å². The Bertz CT molecular complexity index is 880. The summed E-state index contributed by atoms with van der Waals surface area (Å²) in [5, 5.41) is 11.4. The molecule has 0 atom stereocenters. The van der Waals surface area contributed by atoms with Crippen LogP contribution in [0.2, 0.25) is 0 Å². The first kappa shape index (κ1) is 17.3. The third-order valence-electron chi connectivity index (χ3n) is 3.71. The maximum atomic E-state index is 5.73. The first-order valence-corrected chi connectivity index (χ1v) is 8.45. The fourth-order valence-corrected chi connectivity index (χ4v) is 2.67. The van der Waals surface area contributed by atoms with Crippen molar-refractivity contribution in [2.24, 2.45) is 0 Å². The van der Waals surface area contributed by atoms with Crippen molar-refractivity contribution in [3.63, 3.8) is 0 Å². The summed E-state index contributed by atoms with van der Waals surface area (Å²) in [6.07, 6.45) is 0. The minimum absolute atomic E-state index is 0.433. The fourth-order valence-electron chi connectivity index (χ4n) is 2.29. The Balaban J connectivity index is 1.73. The molecule has 0 aliphatic carbocycles. The lowest BCUT2D eigenvalue weighted by Crippen LogP contribution is -1.99. The Morgan fingerprint density at radius 3 is 2.56 bits per heavy atom. The molecule has 0 amide bonds. The van der Waals surface area contributed by atoms with E-state index in [1.807, 2.05) is 31.2 Å². The van der Waals surface area contributed by atoms with Crippen LogP contribution in [-0.4, -0.2) is 24.4 Å². The molecule has 6 nitrogen and oxygen atoms in total. The van der Waals surface area contributed by atoms with E-state index in [2.05, 4.69) is 31.4 Å². The number of nitrogens with one attached hydrogen (secondary N) is 1. The summed E-state index contributed by atoms with van der Waals surface area (Å²) in [5.41, 5.74) is 2.93. The second-order valence-corrected chi connectivity index (χ2v) is 6.24. The van der Waals surface area contributed by atoms with Gasteiger partial charge in [0.25, 0.3) is 0 Å². The molecule has 3 aromatic rings. The molecular formula is C18H18BrN3O3. The highest BCUT2D eigenvalue weighted by Crippen LogP contribution is 2.31. The van der Waals surface area contributed by atoms with Gasteiger partial charge in [0.2, 0.25) is 11.8 Å². The number of hydrogen-bond acceptors (Lipinski definition) is 6. The standard InChI is InChI=1S/C18H18BrN3O3/c1-11-4-6-13(9-14(11)19)20-10-17-21-22-18(25-17)12-5-7-15(23-2)16(8-12)24-3/h4-9,20H,10H2,1-3H3. The zero-order valence-electron chi connectivity index (χ0n) is 14.2. The third-order valence-corrected chi connectivity index (χ3v) is 4.57. The molecule has 0 aliphatic rings. The average Bonchev–Trinajstić information content (AvgIpc) is 3.11. The van der Waals surface area contributed by atoms with Crippen LogP contribution in [-0.2, 0) is 6.54 Å². The average molecular weight is 404 g/mol. The van der Waals surface area contributed by atoms with Gasteiger partial charge in [0.15, 0.2) is 11.5 Å². The lowest BCUT2D eigenvalue weighted by molar-refractivity contribution is 0.355. The van der Waals surface area contributed by atoms with Gasteiger partial charge >= 0.3 is 0 Å². The predicted octanol–water partition coefficient (Wildman–Crippen LogP) is 4.44. The van der Waals surface area contributed by atoms with Crippen LogP contribution in [0, 0.1) is 6.92 Å². The molecule has 1 N–H and O–H groups in total. The van der Waals surface area contributed by atoms with Crippen LogP contribution in [0.1, 0.15) is 11.5 Å². The molecule has 0 unspecified atom stereocenters. The van der Waals surface area contributed by atoms with E-state index in [0.717, 1.165) is 15.7 Å². The maximum Gasteiger partial charge on any atom is 0.247 e. The van der Waals surface area contributed by atoms with Crippen LogP contribution in [0.4, 0.5) is 5.69 Å². The van der Waals surface area contributed by atoms with Crippen molar-refractivity contribution in [3.8, 4) is 23.0 Å². The number of anilines is 1. The topological polar surface area (TPSA) is 69.4 Å². The van der Waals surface area contributed by atoms with Gasteiger partial charge in [0, 0.05) is 15.7 Å². The van der Waals surface area contributed by atoms with Crippen molar-refractivity contribution in [3.05, 3.63) is 52.3 Å². The van der Waals surface area contributed by atoms with Crippen LogP contribution >= 0.6 is 15.9 Å². The summed E-state index contributed by atoms with van der Waals surface area (Å²) < 4.78 is 17.3. The van der Waals surface area contributed by atoms with E-state index in [-0.39, 0.29) is 0 Å². The van der Waals surface area contributed by atoms with Gasteiger partial charge in [-0.1, -0.05) is 22.0 Å². The van der Waals surface area contributed by atoms with E-state index in [1.54, 1.807) is 26.4 Å². The van der Waals surface area contributed by atoms with Crippen LogP contribution in [0.5, 0.6) is 11.5 Å². The van der Waals surface area contributed by atoms with Gasteiger partial charge in [0.05, 0.1) is 20.8 Å². The second kappa shape index (κ2) is 7.57. The van der Waals surface area contributed by atoms with E-state index >= 15 is 0 Å². The predicted molar refractivity (Wildman–Crippen MR) is 99.0 cm³/mol. The highest BCUT2D eigenvalue weighted by atomic mass is 79.9. The first-order chi connectivity index (χ1) is 12.1. The van der Waals surface area contributed by atoms with Gasteiger partial charge in [0.1, 0.15) is 0 Å². The molecular weight excluding hydrogens is 386 g/mol. The number of benzene rings is 2. The molecule has 0 saturated heterocycles. The fraction of sp³-hybridized carbons (Fsp3) is 0.222. The van der Waals surface area contributed by atoms with Gasteiger partial charge in [-0.2, -0.15) is 0 Å². The van der Waals surface area contributed by atoms with E-state index in [0.29, 0.717) is 29.8 Å². The Kier molecular flexibility index (Phi) is 5.23. The molecule has 0 aliphatic heterocycles. The van der Waals surface area contributed by atoms with Gasteiger partial charge in [-0.25, -0.2) is 0 Å². The van der Waals surface area contributed by atoms with Crippen LogP contribution in [0.3, 0.4) is 0 Å². The zero-order valence-corrected chi connectivity index (χ0v) is 15.8. The maximum absolute atomic E-state index is 5.73. The van der Waals surface area contributed by atoms with E-state index in [9.17, 15) is 0 Å². The summed E-state index contributed by atoms with van der Waals surface area (Å²) in [5.74, 6) is 2.20. The monoisotopic (exact) mass is 403 g/mol. The molecule has 130 valence electrons. The van der Waals surface area contributed by atoms with Crippen molar-refractivity contribution >= 4 is 21.6 Å². The number of nitrogens with zero attached hydrogens (tertiary/aromatic N) is 2. The quantitative estimate of drug-likeness (QED) is 0.655. The van der Waals surface area contributed by atoms with E-state index in [1.165, 1.54) is 5.56 Å². The SMILES string of the molecule is COc1ccc(-c2nnc(CNc3ccc(C)c(Br)c3)o2)cc1OC. The van der Waals surface area contributed by atoms with Crippen molar-refractivity contribution in [2.45, 2.75) is 13.5 Å². The van der Waals surface area contributed by atoms with Crippen molar-refractivity contribution in [1.82, 2.24) is 10.2 Å². The lowest BCUT2D eigenvalue weighted by atomic mass is 10.2. The Morgan fingerprint density at radius 1 is 1.04 bits per heavy atom. The van der Waals surface area contributed by atoms with Gasteiger partial charge in [-0.15, -0.1) is 10.2 Å². The summed E-state index contributed by atoms with van der Waals surface area (Å²) in [7, 11) is 3.18. The summed E-state index contributed by atoms with van der Waals surface area (Å²) in [6, 6.07) is 11.5. The lowest BCUT2D eigenvalue weighted by Gasteiger charge is -2.07. The molecule has 0 spiro atoms. The Labute approximate surface area is 154 Å². The molecule has 0 fully saturated rings. The van der Waals surface area contributed by atoms with Crippen molar-refractivity contribution in [1.29, 1.82) is 0 Å².